The number of hydrazone groups is 1. The largest absolute Gasteiger partial charge is 0.289 e. The summed E-state index contributed by atoms with van der Waals surface area (Å²) in [6, 6.07) is 15.4. The van der Waals surface area contributed by atoms with Crippen molar-refractivity contribution in [1.82, 2.24) is 15.6 Å². The van der Waals surface area contributed by atoms with Gasteiger partial charge in [0.15, 0.2) is 0 Å². The number of nitrogens with zero attached hydrogens (tertiary/aromatic N) is 2. The number of H-pyrrole nitrogens is 1. The molecule has 126 valence electrons. The van der Waals surface area contributed by atoms with Crippen molar-refractivity contribution in [3.05, 3.63) is 77.2 Å². The van der Waals surface area contributed by atoms with Crippen molar-refractivity contribution in [3.63, 3.8) is 0 Å². The number of rotatable bonds is 4. The highest BCUT2D eigenvalue weighted by atomic mass is 19.1. The summed E-state index contributed by atoms with van der Waals surface area (Å²) in [6.45, 7) is 3.74. The third-order valence-corrected chi connectivity index (χ3v) is 3.76. The van der Waals surface area contributed by atoms with Gasteiger partial charge in [0, 0.05) is 5.56 Å². The molecule has 1 heterocycles. The normalized spacial score (nSPS) is 11.4. The maximum atomic E-state index is 12.9. The van der Waals surface area contributed by atoms with Crippen LogP contribution in [0.4, 0.5) is 4.39 Å². The lowest BCUT2D eigenvalue weighted by molar-refractivity contribution is 0.0950. The summed E-state index contributed by atoms with van der Waals surface area (Å²) in [4.78, 5) is 12.2. The quantitative estimate of drug-likeness (QED) is 0.564. The van der Waals surface area contributed by atoms with Crippen LogP contribution in [0.25, 0.3) is 11.3 Å². The second-order valence-electron chi connectivity index (χ2n) is 5.68. The van der Waals surface area contributed by atoms with Gasteiger partial charge >= 0.3 is 0 Å². The Balaban J connectivity index is 1.70. The zero-order valence-corrected chi connectivity index (χ0v) is 13.9. The number of carbonyl (C=O) groups excluding carboxylic acids is 1. The molecule has 1 aromatic heterocycles. The van der Waals surface area contributed by atoms with E-state index in [1.165, 1.54) is 12.1 Å². The number of aromatic amines is 1. The third-order valence-electron chi connectivity index (χ3n) is 3.76. The molecule has 0 spiro atoms. The van der Waals surface area contributed by atoms with Gasteiger partial charge in [-0.25, -0.2) is 9.82 Å². The van der Waals surface area contributed by atoms with Gasteiger partial charge in [-0.2, -0.15) is 10.2 Å². The molecule has 2 aromatic carbocycles. The monoisotopic (exact) mass is 336 g/mol. The first-order chi connectivity index (χ1) is 12.0. The predicted molar refractivity (Wildman–Crippen MR) is 94.8 cm³/mol. The Morgan fingerprint density at radius 3 is 2.48 bits per heavy atom. The second kappa shape index (κ2) is 7.09. The molecule has 0 aliphatic carbocycles. The lowest BCUT2D eigenvalue weighted by Gasteiger charge is -2.01. The fraction of sp³-hybridized carbons (Fsp3) is 0.105. The summed E-state index contributed by atoms with van der Waals surface area (Å²) in [5.74, 6) is -0.714. The van der Waals surface area contributed by atoms with Gasteiger partial charge in [-0.05, 0) is 37.6 Å². The van der Waals surface area contributed by atoms with E-state index in [4.69, 9.17) is 0 Å². The highest BCUT2D eigenvalue weighted by molar-refractivity contribution is 6.00. The SMILES string of the molecule is C/C(=N/NC(=O)c1cc(-c2ccc(C)cc2)n[nH]1)c1ccc(F)cc1. The lowest BCUT2D eigenvalue weighted by Crippen LogP contribution is -2.19. The molecule has 0 fully saturated rings. The van der Waals surface area contributed by atoms with Crippen LogP contribution in [0.15, 0.2) is 59.7 Å². The molecule has 0 radical (unpaired) electrons. The van der Waals surface area contributed by atoms with Crippen molar-refractivity contribution in [2.24, 2.45) is 5.10 Å². The fourth-order valence-corrected chi connectivity index (χ4v) is 2.26. The minimum absolute atomic E-state index is 0.311. The van der Waals surface area contributed by atoms with E-state index in [1.54, 1.807) is 25.1 Å². The number of hydrogen-bond donors (Lipinski definition) is 2. The van der Waals surface area contributed by atoms with Crippen LogP contribution >= 0.6 is 0 Å². The van der Waals surface area contributed by atoms with Gasteiger partial charge in [-0.1, -0.05) is 42.0 Å². The van der Waals surface area contributed by atoms with Gasteiger partial charge < -0.3 is 0 Å². The molecule has 2 N–H and O–H groups in total. The average Bonchev–Trinajstić information content (AvgIpc) is 3.11. The first-order valence-corrected chi connectivity index (χ1v) is 7.76. The predicted octanol–water partition coefficient (Wildman–Crippen LogP) is 3.68. The van der Waals surface area contributed by atoms with Crippen molar-refractivity contribution in [3.8, 4) is 11.3 Å². The summed E-state index contributed by atoms with van der Waals surface area (Å²) < 4.78 is 12.9. The summed E-state index contributed by atoms with van der Waals surface area (Å²) in [5.41, 5.74) is 6.85. The molecule has 3 aromatic rings. The summed E-state index contributed by atoms with van der Waals surface area (Å²) in [7, 11) is 0. The molecular formula is C19H17FN4O. The number of halogens is 1. The molecule has 5 nitrogen and oxygen atoms in total. The number of aromatic nitrogens is 2. The van der Waals surface area contributed by atoms with E-state index in [1.807, 2.05) is 31.2 Å². The van der Waals surface area contributed by atoms with Crippen LogP contribution in [0.1, 0.15) is 28.5 Å². The topological polar surface area (TPSA) is 70.1 Å². The lowest BCUT2D eigenvalue weighted by atomic mass is 10.1. The van der Waals surface area contributed by atoms with Gasteiger partial charge in [0.05, 0.1) is 11.4 Å². The first kappa shape index (κ1) is 16.6. The van der Waals surface area contributed by atoms with E-state index in [2.05, 4.69) is 20.7 Å². The van der Waals surface area contributed by atoms with E-state index in [0.717, 1.165) is 16.7 Å². The number of aryl methyl sites for hydroxylation is 1. The Labute approximate surface area is 144 Å². The molecule has 0 saturated carbocycles. The summed E-state index contributed by atoms with van der Waals surface area (Å²) in [5, 5.41) is 10.9. The van der Waals surface area contributed by atoms with E-state index >= 15 is 0 Å². The molecule has 1 amide bonds. The maximum Gasteiger partial charge on any atom is 0.289 e. The number of hydrogen-bond acceptors (Lipinski definition) is 3. The van der Waals surface area contributed by atoms with Crippen molar-refractivity contribution in [2.75, 3.05) is 0 Å². The van der Waals surface area contributed by atoms with E-state index in [9.17, 15) is 9.18 Å². The van der Waals surface area contributed by atoms with Crippen LogP contribution in [-0.2, 0) is 0 Å². The summed E-state index contributed by atoms with van der Waals surface area (Å²) in [6.07, 6.45) is 0. The Bertz CT molecular complexity index is 911. The Morgan fingerprint density at radius 2 is 1.80 bits per heavy atom. The van der Waals surface area contributed by atoms with Crippen molar-refractivity contribution in [2.45, 2.75) is 13.8 Å². The van der Waals surface area contributed by atoms with Crippen molar-refractivity contribution >= 4 is 11.6 Å². The van der Waals surface area contributed by atoms with Crippen LogP contribution in [0, 0.1) is 12.7 Å². The fourth-order valence-electron chi connectivity index (χ4n) is 2.26. The molecular weight excluding hydrogens is 319 g/mol. The van der Waals surface area contributed by atoms with Gasteiger partial charge in [-0.15, -0.1) is 0 Å². The number of amides is 1. The average molecular weight is 336 g/mol. The van der Waals surface area contributed by atoms with Crippen molar-refractivity contribution < 1.29 is 9.18 Å². The smallest absolute Gasteiger partial charge is 0.272 e. The molecule has 0 bridgehead atoms. The summed E-state index contributed by atoms with van der Waals surface area (Å²) >= 11 is 0. The zero-order chi connectivity index (χ0) is 17.8. The van der Waals surface area contributed by atoms with Crippen molar-refractivity contribution in [1.29, 1.82) is 0 Å². The molecule has 0 unspecified atom stereocenters. The molecule has 0 atom stereocenters. The van der Waals surface area contributed by atoms with Crippen LogP contribution in [0.5, 0.6) is 0 Å². The standard InChI is InChI=1S/C19H17FN4O/c1-12-3-5-15(6-4-12)17-11-18(23-22-17)19(25)24-21-13(2)14-7-9-16(20)10-8-14/h3-11H,1-2H3,(H,22,23)(H,24,25)/b21-13-. The van der Waals surface area contributed by atoms with Crippen LogP contribution < -0.4 is 5.43 Å². The Hall–Kier alpha value is -3.28. The molecule has 0 aliphatic heterocycles. The maximum absolute atomic E-state index is 12.9. The van der Waals surface area contributed by atoms with Crippen LogP contribution in [-0.4, -0.2) is 21.8 Å². The Morgan fingerprint density at radius 1 is 1.12 bits per heavy atom. The van der Waals surface area contributed by atoms with Gasteiger partial charge in [0.1, 0.15) is 11.5 Å². The highest BCUT2D eigenvalue weighted by Gasteiger charge is 2.10. The molecule has 6 heteroatoms. The van der Waals surface area contributed by atoms with Crippen LogP contribution in [0.2, 0.25) is 0 Å². The molecule has 0 saturated heterocycles. The number of carbonyl (C=O) groups is 1. The van der Waals surface area contributed by atoms with Gasteiger partial charge in [0.25, 0.3) is 5.91 Å². The van der Waals surface area contributed by atoms with Gasteiger partial charge in [0.2, 0.25) is 0 Å². The minimum Gasteiger partial charge on any atom is -0.272 e. The first-order valence-electron chi connectivity index (χ1n) is 7.76. The molecule has 0 aliphatic rings. The zero-order valence-electron chi connectivity index (χ0n) is 13.9. The van der Waals surface area contributed by atoms with E-state index < -0.39 is 5.91 Å². The van der Waals surface area contributed by atoms with Gasteiger partial charge in [-0.3, -0.25) is 9.89 Å². The highest BCUT2D eigenvalue weighted by Crippen LogP contribution is 2.18. The minimum atomic E-state index is -0.396. The van der Waals surface area contributed by atoms with Crippen LogP contribution in [0.3, 0.4) is 0 Å². The molecule has 3 rings (SSSR count). The van der Waals surface area contributed by atoms with E-state index in [-0.39, 0.29) is 5.82 Å². The molecule has 25 heavy (non-hydrogen) atoms. The third kappa shape index (κ3) is 3.98. The number of nitrogens with one attached hydrogen (secondary N) is 2. The number of benzene rings is 2. The van der Waals surface area contributed by atoms with E-state index in [0.29, 0.717) is 17.1 Å². The Kier molecular flexibility index (Phi) is 4.70. The second-order valence-corrected chi connectivity index (χ2v) is 5.68.